The summed E-state index contributed by atoms with van der Waals surface area (Å²) in [7, 11) is 0. The Hall–Kier alpha value is -4.07. The van der Waals surface area contributed by atoms with Gasteiger partial charge in [0.2, 0.25) is 11.6 Å². The maximum Gasteiger partial charge on any atom is 0.353 e. The van der Waals surface area contributed by atoms with Crippen LogP contribution in [0.5, 0.6) is 0 Å². The molecule has 2 N–H and O–H groups in total. The second-order valence-electron chi connectivity index (χ2n) is 6.90. The minimum atomic E-state index is -0.476. The third kappa shape index (κ3) is 3.88. The molecule has 2 aromatic carbocycles. The minimum Gasteiger partial charge on any atom is -0.358 e. The van der Waals surface area contributed by atoms with Crippen molar-refractivity contribution in [2.24, 2.45) is 0 Å². The van der Waals surface area contributed by atoms with Gasteiger partial charge in [-0.2, -0.15) is 0 Å². The first-order valence-corrected chi connectivity index (χ1v) is 9.47. The molecular formula is C22H20N6O2. The lowest BCUT2D eigenvalue weighted by Gasteiger charge is -2.16. The van der Waals surface area contributed by atoms with Gasteiger partial charge in [0.05, 0.1) is 16.5 Å². The quantitative estimate of drug-likeness (QED) is 0.340. The number of aromatic nitrogens is 3. The van der Waals surface area contributed by atoms with Gasteiger partial charge in [-0.05, 0) is 43.7 Å². The molecule has 1 atom stereocenters. The molecule has 4 rings (SSSR count). The maximum atomic E-state index is 11.9. The van der Waals surface area contributed by atoms with E-state index in [2.05, 4.69) is 25.6 Å². The van der Waals surface area contributed by atoms with Crippen LogP contribution in [0.3, 0.4) is 0 Å². The summed E-state index contributed by atoms with van der Waals surface area (Å²) in [5.74, 6) is 0.272. The fourth-order valence-corrected chi connectivity index (χ4v) is 3.27. The van der Waals surface area contributed by atoms with Gasteiger partial charge in [0.15, 0.2) is 0 Å². The molecule has 2 aromatic heterocycles. The number of anilines is 3. The SMILES string of the molecule is Cc1ccc2c(Nc3ncnc(NC(C)c4ccccc4)c3[N+](=O)[O-])cccc2n1. The molecule has 30 heavy (non-hydrogen) atoms. The Morgan fingerprint density at radius 3 is 2.50 bits per heavy atom. The lowest BCUT2D eigenvalue weighted by atomic mass is 10.1. The summed E-state index contributed by atoms with van der Waals surface area (Å²) in [6, 6.07) is 18.9. The molecule has 0 amide bonds. The second-order valence-corrected chi connectivity index (χ2v) is 6.90. The highest BCUT2D eigenvalue weighted by atomic mass is 16.6. The van der Waals surface area contributed by atoms with Crippen molar-refractivity contribution < 1.29 is 4.92 Å². The molecule has 0 saturated heterocycles. The van der Waals surface area contributed by atoms with Gasteiger partial charge in [-0.3, -0.25) is 15.1 Å². The number of nitrogens with zero attached hydrogens (tertiary/aromatic N) is 4. The van der Waals surface area contributed by atoms with Crippen LogP contribution in [0, 0.1) is 17.0 Å². The van der Waals surface area contributed by atoms with Crippen molar-refractivity contribution in [3.05, 3.63) is 88.4 Å². The summed E-state index contributed by atoms with van der Waals surface area (Å²) in [5.41, 5.74) is 3.17. The summed E-state index contributed by atoms with van der Waals surface area (Å²) in [6.45, 7) is 3.84. The minimum absolute atomic E-state index is 0.117. The molecule has 8 nitrogen and oxygen atoms in total. The van der Waals surface area contributed by atoms with Crippen LogP contribution >= 0.6 is 0 Å². The average Bonchev–Trinajstić information content (AvgIpc) is 2.74. The number of aryl methyl sites for hydroxylation is 1. The zero-order valence-corrected chi connectivity index (χ0v) is 16.5. The van der Waals surface area contributed by atoms with Gasteiger partial charge in [-0.25, -0.2) is 9.97 Å². The number of nitro groups is 1. The van der Waals surface area contributed by atoms with Crippen LogP contribution in [0.4, 0.5) is 23.0 Å². The highest BCUT2D eigenvalue weighted by molar-refractivity contribution is 5.94. The van der Waals surface area contributed by atoms with Crippen molar-refractivity contribution in [3.63, 3.8) is 0 Å². The fraction of sp³-hybridized carbons (Fsp3) is 0.136. The van der Waals surface area contributed by atoms with Crippen molar-refractivity contribution in [1.82, 2.24) is 15.0 Å². The van der Waals surface area contributed by atoms with E-state index in [1.165, 1.54) is 6.33 Å². The van der Waals surface area contributed by atoms with Gasteiger partial charge in [0.1, 0.15) is 6.33 Å². The number of rotatable bonds is 6. The Kier molecular flexibility index (Phi) is 5.21. The first kappa shape index (κ1) is 19.3. The Bertz CT molecular complexity index is 1210. The zero-order valence-electron chi connectivity index (χ0n) is 16.5. The van der Waals surface area contributed by atoms with Gasteiger partial charge >= 0.3 is 5.69 Å². The average molecular weight is 400 g/mol. The molecule has 0 aliphatic carbocycles. The molecule has 0 bridgehead atoms. The predicted molar refractivity (Wildman–Crippen MR) is 117 cm³/mol. The lowest BCUT2D eigenvalue weighted by Crippen LogP contribution is -2.11. The molecule has 0 aliphatic rings. The first-order chi connectivity index (χ1) is 14.5. The van der Waals surface area contributed by atoms with E-state index < -0.39 is 4.92 Å². The van der Waals surface area contributed by atoms with E-state index in [-0.39, 0.29) is 23.4 Å². The topological polar surface area (TPSA) is 106 Å². The zero-order chi connectivity index (χ0) is 21.1. The van der Waals surface area contributed by atoms with Crippen LogP contribution in [0.2, 0.25) is 0 Å². The van der Waals surface area contributed by atoms with E-state index in [4.69, 9.17) is 0 Å². The molecule has 8 heteroatoms. The van der Waals surface area contributed by atoms with Crippen LogP contribution in [-0.4, -0.2) is 19.9 Å². The van der Waals surface area contributed by atoms with E-state index in [1.807, 2.05) is 74.5 Å². The monoisotopic (exact) mass is 400 g/mol. The molecular weight excluding hydrogens is 380 g/mol. The normalized spacial score (nSPS) is 11.8. The third-order valence-electron chi connectivity index (χ3n) is 4.78. The Labute approximate surface area is 173 Å². The molecule has 0 saturated carbocycles. The molecule has 2 heterocycles. The standard InChI is InChI=1S/C22H20N6O2/c1-14-11-12-17-18(25-14)9-6-10-19(17)27-22-20(28(29)30)21(23-13-24-22)26-15(2)16-7-4-3-5-8-16/h3-13,15H,1-2H3,(H2,23,24,26,27). The summed E-state index contributed by atoms with van der Waals surface area (Å²) < 4.78 is 0. The first-order valence-electron chi connectivity index (χ1n) is 9.47. The highest BCUT2D eigenvalue weighted by Crippen LogP contribution is 2.34. The highest BCUT2D eigenvalue weighted by Gasteiger charge is 2.25. The van der Waals surface area contributed by atoms with E-state index >= 15 is 0 Å². The fourth-order valence-electron chi connectivity index (χ4n) is 3.27. The Morgan fingerprint density at radius 2 is 1.73 bits per heavy atom. The van der Waals surface area contributed by atoms with Gasteiger partial charge in [0, 0.05) is 16.8 Å². The molecule has 4 aromatic rings. The van der Waals surface area contributed by atoms with Gasteiger partial charge in [-0.15, -0.1) is 0 Å². The molecule has 1 unspecified atom stereocenters. The predicted octanol–water partition coefficient (Wildman–Crippen LogP) is 5.16. The number of benzene rings is 2. The van der Waals surface area contributed by atoms with Crippen LogP contribution in [0.1, 0.15) is 24.2 Å². The van der Waals surface area contributed by atoms with Gasteiger partial charge in [-0.1, -0.05) is 36.4 Å². The van der Waals surface area contributed by atoms with Crippen molar-refractivity contribution in [2.45, 2.75) is 19.9 Å². The summed E-state index contributed by atoms with van der Waals surface area (Å²) in [6.07, 6.45) is 1.31. The molecule has 0 fully saturated rings. The number of hydrogen-bond donors (Lipinski definition) is 2. The van der Waals surface area contributed by atoms with Crippen molar-refractivity contribution in [3.8, 4) is 0 Å². The number of hydrogen-bond acceptors (Lipinski definition) is 7. The number of fused-ring (bicyclic) bond motifs is 1. The molecule has 0 spiro atoms. The van der Waals surface area contributed by atoms with Crippen LogP contribution in [0.25, 0.3) is 10.9 Å². The Morgan fingerprint density at radius 1 is 0.967 bits per heavy atom. The lowest BCUT2D eigenvalue weighted by molar-refractivity contribution is -0.383. The largest absolute Gasteiger partial charge is 0.358 e. The molecule has 0 radical (unpaired) electrons. The van der Waals surface area contributed by atoms with E-state index in [0.29, 0.717) is 5.69 Å². The molecule has 0 aliphatic heterocycles. The van der Waals surface area contributed by atoms with E-state index in [0.717, 1.165) is 22.2 Å². The summed E-state index contributed by atoms with van der Waals surface area (Å²) in [4.78, 5) is 24.2. The number of pyridine rings is 1. The van der Waals surface area contributed by atoms with Crippen LogP contribution in [-0.2, 0) is 0 Å². The van der Waals surface area contributed by atoms with Crippen molar-refractivity contribution in [1.29, 1.82) is 0 Å². The maximum absolute atomic E-state index is 11.9. The van der Waals surface area contributed by atoms with Crippen LogP contribution < -0.4 is 10.6 Å². The van der Waals surface area contributed by atoms with E-state index in [9.17, 15) is 10.1 Å². The van der Waals surface area contributed by atoms with Gasteiger partial charge < -0.3 is 10.6 Å². The van der Waals surface area contributed by atoms with Gasteiger partial charge in [0.25, 0.3) is 0 Å². The Balaban J connectivity index is 1.71. The van der Waals surface area contributed by atoms with E-state index in [1.54, 1.807) is 0 Å². The smallest absolute Gasteiger partial charge is 0.353 e. The number of nitrogens with one attached hydrogen (secondary N) is 2. The van der Waals surface area contributed by atoms with Crippen molar-refractivity contribution >= 4 is 33.9 Å². The molecule has 150 valence electrons. The summed E-state index contributed by atoms with van der Waals surface area (Å²) >= 11 is 0. The van der Waals surface area contributed by atoms with Crippen LogP contribution in [0.15, 0.2) is 67.0 Å². The second kappa shape index (κ2) is 8.12. The third-order valence-corrected chi connectivity index (χ3v) is 4.78. The summed E-state index contributed by atoms with van der Waals surface area (Å²) in [5, 5.41) is 19.0. The van der Waals surface area contributed by atoms with Crippen molar-refractivity contribution in [2.75, 3.05) is 10.6 Å².